The van der Waals surface area contributed by atoms with E-state index in [1.807, 2.05) is 44.2 Å². The molecule has 0 saturated carbocycles. The van der Waals surface area contributed by atoms with Gasteiger partial charge in [0.25, 0.3) is 0 Å². The number of benzene rings is 1. The third kappa shape index (κ3) is 4.32. The van der Waals surface area contributed by atoms with Gasteiger partial charge in [-0.3, -0.25) is 0 Å². The van der Waals surface area contributed by atoms with Gasteiger partial charge in [0, 0.05) is 0 Å². The van der Waals surface area contributed by atoms with Gasteiger partial charge >= 0.3 is 0 Å². The minimum atomic E-state index is 0.195. The Morgan fingerprint density at radius 1 is 1.38 bits per heavy atom. The van der Waals surface area contributed by atoms with Gasteiger partial charge in [-0.1, -0.05) is 42.0 Å². The summed E-state index contributed by atoms with van der Waals surface area (Å²) in [6, 6.07) is 7.70. The lowest BCUT2D eigenvalue weighted by molar-refractivity contribution is 0.555. The summed E-state index contributed by atoms with van der Waals surface area (Å²) < 4.78 is 5.54. The highest BCUT2D eigenvalue weighted by atomic mass is 35.5. The standard InChI is InChI=1S/C13H14ClNO/c1-4-5-13(15-11(3)14)16-12-8-6-10(2)7-9-12/h4-9H,3H2,1-2H3/b5-4-,15-13?. The molecule has 16 heavy (non-hydrogen) atoms. The molecule has 0 aromatic heterocycles. The Labute approximate surface area is 101 Å². The van der Waals surface area contributed by atoms with Crippen LogP contribution in [-0.4, -0.2) is 5.90 Å². The molecule has 0 amide bonds. The minimum Gasteiger partial charge on any atom is -0.439 e. The number of hydrogen-bond donors (Lipinski definition) is 0. The van der Waals surface area contributed by atoms with E-state index in [2.05, 4.69) is 11.6 Å². The van der Waals surface area contributed by atoms with Crippen molar-refractivity contribution in [2.75, 3.05) is 0 Å². The number of hydrogen-bond acceptors (Lipinski definition) is 2. The van der Waals surface area contributed by atoms with Crippen LogP contribution in [0.25, 0.3) is 0 Å². The van der Waals surface area contributed by atoms with Crippen LogP contribution in [0.4, 0.5) is 0 Å². The van der Waals surface area contributed by atoms with Crippen LogP contribution in [0.5, 0.6) is 5.75 Å². The SMILES string of the molecule is C=C(Cl)N=C(/C=C\C)Oc1ccc(C)cc1. The lowest BCUT2D eigenvalue weighted by Crippen LogP contribution is -2.04. The topological polar surface area (TPSA) is 21.6 Å². The largest absolute Gasteiger partial charge is 0.439 e. The van der Waals surface area contributed by atoms with Crippen molar-refractivity contribution in [1.29, 1.82) is 0 Å². The number of ether oxygens (including phenoxy) is 1. The number of aryl methyl sites for hydroxylation is 1. The van der Waals surface area contributed by atoms with Crippen molar-refractivity contribution in [3.63, 3.8) is 0 Å². The summed E-state index contributed by atoms with van der Waals surface area (Å²) in [5.41, 5.74) is 1.18. The number of halogens is 1. The van der Waals surface area contributed by atoms with Gasteiger partial charge in [0.05, 0.1) is 0 Å². The van der Waals surface area contributed by atoms with Crippen molar-refractivity contribution in [2.24, 2.45) is 4.99 Å². The summed E-state index contributed by atoms with van der Waals surface area (Å²) in [6.45, 7) is 7.40. The summed E-state index contributed by atoms with van der Waals surface area (Å²) in [6.07, 6.45) is 3.56. The second kappa shape index (κ2) is 6.13. The molecule has 1 aromatic rings. The van der Waals surface area contributed by atoms with Crippen LogP contribution in [0, 0.1) is 6.92 Å². The number of nitrogens with zero attached hydrogens (tertiary/aromatic N) is 1. The van der Waals surface area contributed by atoms with Gasteiger partial charge in [-0.25, -0.2) is 4.99 Å². The molecule has 0 saturated heterocycles. The van der Waals surface area contributed by atoms with Gasteiger partial charge in [0.2, 0.25) is 5.90 Å². The second-order valence-electron chi connectivity index (χ2n) is 3.24. The Morgan fingerprint density at radius 3 is 2.50 bits per heavy atom. The van der Waals surface area contributed by atoms with Crippen molar-refractivity contribution in [3.05, 3.63) is 53.7 Å². The predicted molar refractivity (Wildman–Crippen MR) is 69.0 cm³/mol. The van der Waals surface area contributed by atoms with Gasteiger partial charge < -0.3 is 4.74 Å². The van der Waals surface area contributed by atoms with E-state index in [1.165, 1.54) is 5.56 Å². The van der Waals surface area contributed by atoms with E-state index < -0.39 is 0 Å². The Bertz CT molecular complexity index is 418. The zero-order valence-electron chi connectivity index (χ0n) is 9.40. The average Bonchev–Trinajstić information content (AvgIpc) is 2.21. The zero-order valence-corrected chi connectivity index (χ0v) is 10.2. The first-order valence-electron chi connectivity index (χ1n) is 4.92. The van der Waals surface area contributed by atoms with E-state index >= 15 is 0 Å². The molecule has 1 rings (SSSR count). The fraction of sp³-hybridized carbons (Fsp3) is 0.154. The summed E-state index contributed by atoms with van der Waals surface area (Å²) in [7, 11) is 0. The van der Waals surface area contributed by atoms with Crippen molar-refractivity contribution in [3.8, 4) is 5.75 Å². The first-order valence-corrected chi connectivity index (χ1v) is 5.30. The van der Waals surface area contributed by atoms with Gasteiger partial charge in [0.15, 0.2) is 0 Å². The van der Waals surface area contributed by atoms with Crippen molar-refractivity contribution in [1.82, 2.24) is 0 Å². The van der Waals surface area contributed by atoms with Crippen LogP contribution in [-0.2, 0) is 0 Å². The lowest BCUT2D eigenvalue weighted by Gasteiger charge is -2.05. The highest BCUT2D eigenvalue weighted by Crippen LogP contribution is 2.13. The second-order valence-corrected chi connectivity index (χ2v) is 3.68. The molecule has 0 heterocycles. The van der Waals surface area contributed by atoms with Crippen LogP contribution in [0.1, 0.15) is 12.5 Å². The lowest BCUT2D eigenvalue weighted by atomic mass is 10.2. The maximum Gasteiger partial charge on any atom is 0.220 e. The Morgan fingerprint density at radius 2 is 2.00 bits per heavy atom. The first-order chi connectivity index (χ1) is 7.61. The molecule has 0 unspecified atom stereocenters. The molecule has 0 aliphatic carbocycles. The maximum absolute atomic E-state index is 5.60. The van der Waals surface area contributed by atoms with Gasteiger partial charge in [-0.15, -0.1) is 0 Å². The van der Waals surface area contributed by atoms with E-state index in [0.717, 1.165) is 5.75 Å². The molecule has 0 aliphatic rings. The van der Waals surface area contributed by atoms with Crippen LogP contribution >= 0.6 is 11.6 Å². The van der Waals surface area contributed by atoms with E-state index in [9.17, 15) is 0 Å². The highest BCUT2D eigenvalue weighted by Gasteiger charge is 1.98. The quantitative estimate of drug-likeness (QED) is 0.440. The fourth-order valence-electron chi connectivity index (χ4n) is 1.08. The van der Waals surface area contributed by atoms with Gasteiger partial charge in [-0.05, 0) is 32.1 Å². The molecular weight excluding hydrogens is 222 g/mol. The molecule has 3 heteroatoms. The molecule has 0 spiro atoms. The fourth-order valence-corrected chi connectivity index (χ4v) is 1.17. The zero-order chi connectivity index (χ0) is 12.0. The summed E-state index contributed by atoms with van der Waals surface area (Å²) >= 11 is 5.60. The highest BCUT2D eigenvalue weighted by molar-refractivity contribution is 6.29. The molecular formula is C13H14ClNO. The van der Waals surface area contributed by atoms with Crippen molar-refractivity contribution < 1.29 is 4.74 Å². The Hall–Kier alpha value is -1.54. The van der Waals surface area contributed by atoms with E-state index in [-0.39, 0.29) is 5.16 Å². The molecule has 0 radical (unpaired) electrons. The molecule has 84 valence electrons. The maximum atomic E-state index is 5.60. The van der Waals surface area contributed by atoms with Gasteiger partial charge in [0.1, 0.15) is 10.9 Å². The number of aliphatic imine (C=N–C) groups is 1. The van der Waals surface area contributed by atoms with Crippen LogP contribution in [0.15, 0.2) is 53.1 Å². The van der Waals surface area contributed by atoms with Crippen LogP contribution in [0.3, 0.4) is 0 Å². The smallest absolute Gasteiger partial charge is 0.220 e. The monoisotopic (exact) mass is 235 g/mol. The third-order valence-electron chi connectivity index (χ3n) is 1.78. The summed E-state index contributed by atoms with van der Waals surface area (Å²) in [4.78, 5) is 3.96. The van der Waals surface area contributed by atoms with Crippen molar-refractivity contribution >= 4 is 17.5 Å². The number of allylic oxidation sites excluding steroid dienone is 1. The van der Waals surface area contributed by atoms with Crippen LogP contribution < -0.4 is 4.74 Å². The summed E-state index contributed by atoms with van der Waals surface area (Å²) in [5, 5.41) is 0.195. The molecule has 2 nitrogen and oxygen atoms in total. The van der Waals surface area contributed by atoms with E-state index in [4.69, 9.17) is 16.3 Å². The van der Waals surface area contributed by atoms with E-state index in [1.54, 1.807) is 6.08 Å². The molecule has 0 bridgehead atoms. The van der Waals surface area contributed by atoms with Crippen LogP contribution in [0.2, 0.25) is 0 Å². The van der Waals surface area contributed by atoms with Crippen molar-refractivity contribution in [2.45, 2.75) is 13.8 Å². The molecule has 0 aliphatic heterocycles. The molecule has 0 atom stereocenters. The van der Waals surface area contributed by atoms with E-state index in [0.29, 0.717) is 5.90 Å². The molecule has 0 N–H and O–H groups in total. The minimum absolute atomic E-state index is 0.195. The predicted octanol–water partition coefficient (Wildman–Crippen LogP) is 4.06. The average molecular weight is 236 g/mol. The first kappa shape index (κ1) is 12.5. The number of rotatable bonds is 3. The normalized spacial score (nSPS) is 11.8. The summed E-state index contributed by atoms with van der Waals surface area (Å²) in [5.74, 6) is 1.15. The third-order valence-corrected chi connectivity index (χ3v) is 1.87. The Balaban J connectivity index is 2.83. The molecule has 0 fully saturated rings. The Kier molecular flexibility index (Phi) is 4.80. The van der Waals surface area contributed by atoms with Gasteiger partial charge in [-0.2, -0.15) is 0 Å². The molecule has 1 aromatic carbocycles.